The summed E-state index contributed by atoms with van der Waals surface area (Å²) in [7, 11) is 0. The fourth-order valence-corrected chi connectivity index (χ4v) is 2.48. The lowest BCUT2D eigenvalue weighted by atomic mass is 9.77. The van der Waals surface area contributed by atoms with E-state index in [4.69, 9.17) is 0 Å². The Bertz CT molecular complexity index is 407. The van der Waals surface area contributed by atoms with Crippen molar-refractivity contribution in [2.24, 2.45) is 5.41 Å². The number of rotatable bonds is 4. The second kappa shape index (κ2) is 5.52. The molecule has 1 fully saturated rings. The molecule has 1 saturated heterocycles. The van der Waals surface area contributed by atoms with E-state index in [2.05, 4.69) is 34.7 Å². The van der Waals surface area contributed by atoms with Gasteiger partial charge in [0.1, 0.15) is 0 Å². The minimum absolute atomic E-state index is 0.0892. The zero-order valence-electron chi connectivity index (χ0n) is 11.2. The summed E-state index contributed by atoms with van der Waals surface area (Å²) < 4.78 is 0. The van der Waals surface area contributed by atoms with E-state index in [0.717, 1.165) is 44.5 Å². The molecule has 0 bridgehead atoms. The van der Waals surface area contributed by atoms with Gasteiger partial charge in [-0.15, -0.1) is 0 Å². The normalized spacial score (nSPS) is 23.9. The summed E-state index contributed by atoms with van der Waals surface area (Å²) >= 11 is 0. The predicted octanol–water partition coefficient (Wildman–Crippen LogP) is 1.69. The van der Waals surface area contributed by atoms with Crippen LogP contribution in [-0.4, -0.2) is 29.2 Å². The van der Waals surface area contributed by atoms with Crippen LogP contribution in [0.4, 0.5) is 5.82 Å². The third-order valence-electron chi connectivity index (χ3n) is 3.88. The second-order valence-corrected chi connectivity index (χ2v) is 5.00. The average molecular weight is 250 g/mol. The number of hydrogen-bond donors (Lipinski definition) is 3. The molecule has 1 aliphatic heterocycles. The Hall–Kier alpha value is -1.36. The van der Waals surface area contributed by atoms with Gasteiger partial charge >= 0.3 is 0 Å². The van der Waals surface area contributed by atoms with Crippen molar-refractivity contribution in [1.82, 2.24) is 15.5 Å². The average Bonchev–Trinajstić information content (AvgIpc) is 2.87. The fourth-order valence-electron chi connectivity index (χ4n) is 2.48. The molecule has 5 heteroatoms. The van der Waals surface area contributed by atoms with Gasteiger partial charge in [-0.2, -0.15) is 5.10 Å². The molecule has 0 spiro atoms. The van der Waals surface area contributed by atoms with Crippen LogP contribution in [0.2, 0.25) is 0 Å². The largest absolute Gasteiger partial charge is 0.316 e. The van der Waals surface area contributed by atoms with Gasteiger partial charge in [0.25, 0.3) is 0 Å². The topological polar surface area (TPSA) is 69.8 Å². The molecule has 5 nitrogen and oxygen atoms in total. The van der Waals surface area contributed by atoms with E-state index in [0.29, 0.717) is 5.82 Å². The summed E-state index contributed by atoms with van der Waals surface area (Å²) in [6.07, 6.45) is 3.76. The number of carbonyl (C=O) groups is 1. The first kappa shape index (κ1) is 13.1. The summed E-state index contributed by atoms with van der Waals surface area (Å²) in [5.41, 5.74) is 0.765. The Morgan fingerprint density at radius 3 is 2.94 bits per heavy atom. The van der Waals surface area contributed by atoms with Crippen molar-refractivity contribution in [3.63, 3.8) is 0 Å². The maximum atomic E-state index is 12.4. The molecule has 1 amide bonds. The number of piperidine rings is 1. The van der Waals surface area contributed by atoms with E-state index in [1.54, 1.807) is 0 Å². The molecule has 1 unspecified atom stereocenters. The van der Waals surface area contributed by atoms with Gasteiger partial charge in [-0.3, -0.25) is 9.89 Å². The van der Waals surface area contributed by atoms with Crippen molar-refractivity contribution in [2.45, 2.75) is 39.5 Å². The summed E-state index contributed by atoms with van der Waals surface area (Å²) in [5.74, 6) is 0.724. The van der Waals surface area contributed by atoms with Crippen LogP contribution >= 0.6 is 0 Å². The molecule has 1 atom stereocenters. The summed E-state index contributed by atoms with van der Waals surface area (Å²) in [4.78, 5) is 12.4. The number of aromatic nitrogens is 2. The molecular weight excluding hydrogens is 228 g/mol. The monoisotopic (exact) mass is 250 g/mol. The number of amides is 1. The van der Waals surface area contributed by atoms with Crippen LogP contribution in [0.1, 0.15) is 38.8 Å². The van der Waals surface area contributed by atoms with E-state index in [9.17, 15) is 4.79 Å². The van der Waals surface area contributed by atoms with E-state index < -0.39 is 0 Å². The van der Waals surface area contributed by atoms with Crippen LogP contribution < -0.4 is 10.6 Å². The zero-order valence-corrected chi connectivity index (χ0v) is 11.2. The number of H-pyrrole nitrogens is 1. The lowest BCUT2D eigenvalue weighted by Crippen LogP contribution is -2.47. The predicted molar refractivity (Wildman–Crippen MR) is 71.4 cm³/mol. The fraction of sp³-hybridized carbons (Fsp3) is 0.692. The van der Waals surface area contributed by atoms with Crippen molar-refractivity contribution >= 4 is 11.7 Å². The van der Waals surface area contributed by atoms with Crippen LogP contribution in [-0.2, 0) is 11.2 Å². The Morgan fingerprint density at radius 2 is 2.39 bits per heavy atom. The molecule has 1 aromatic heterocycles. The van der Waals surface area contributed by atoms with E-state index in [1.165, 1.54) is 0 Å². The molecule has 0 aromatic carbocycles. The molecule has 18 heavy (non-hydrogen) atoms. The molecule has 0 radical (unpaired) electrons. The minimum atomic E-state index is -0.274. The number of anilines is 1. The molecule has 100 valence electrons. The van der Waals surface area contributed by atoms with Crippen molar-refractivity contribution in [3.05, 3.63) is 11.8 Å². The number of nitrogens with one attached hydrogen (secondary N) is 3. The number of carbonyl (C=O) groups excluding carboxylic acids is 1. The standard InChI is InChI=1S/C13H22N4O/c1-3-10-8-11(17-16-10)15-12(18)13(4-2)6-5-7-14-9-13/h8,14H,3-7,9H2,1-2H3,(H2,15,16,17,18). The van der Waals surface area contributed by atoms with Gasteiger partial charge in [-0.25, -0.2) is 0 Å². The van der Waals surface area contributed by atoms with E-state index in [-0.39, 0.29) is 11.3 Å². The molecule has 2 heterocycles. The van der Waals surface area contributed by atoms with Gasteiger partial charge in [0, 0.05) is 18.3 Å². The number of nitrogens with zero attached hydrogens (tertiary/aromatic N) is 1. The van der Waals surface area contributed by atoms with Gasteiger partial charge in [-0.1, -0.05) is 13.8 Å². The third kappa shape index (κ3) is 2.56. The zero-order chi connectivity index (χ0) is 13.0. The highest BCUT2D eigenvalue weighted by Crippen LogP contribution is 2.31. The van der Waals surface area contributed by atoms with Gasteiger partial charge in [-0.05, 0) is 32.2 Å². The Labute approximate surface area is 108 Å². The van der Waals surface area contributed by atoms with Crippen molar-refractivity contribution in [3.8, 4) is 0 Å². The first-order chi connectivity index (χ1) is 8.70. The summed E-state index contributed by atoms with van der Waals surface area (Å²) in [5, 5.41) is 13.3. The Balaban J connectivity index is 2.05. The number of hydrogen-bond acceptors (Lipinski definition) is 3. The Kier molecular flexibility index (Phi) is 4.01. The quantitative estimate of drug-likeness (QED) is 0.761. The maximum absolute atomic E-state index is 12.4. The first-order valence-electron chi connectivity index (χ1n) is 6.76. The van der Waals surface area contributed by atoms with Gasteiger partial charge in [0.05, 0.1) is 5.41 Å². The summed E-state index contributed by atoms with van der Waals surface area (Å²) in [6, 6.07) is 1.90. The molecule has 0 saturated carbocycles. The smallest absolute Gasteiger partial charge is 0.233 e. The molecule has 1 aliphatic rings. The highest BCUT2D eigenvalue weighted by Gasteiger charge is 2.38. The number of aromatic amines is 1. The van der Waals surface area contributed by atoms with Gasteiger partial charge < -0.3 is 10.6 Å². The molecular formula is C13H22N4O. The summed E-state index contributed by atoms with van der Waals surface area (Å²) in [6.45, 7) is 5.91. The van der Waals surface area contributed by atoms with Gasteiger partial charge in [0.15, 0.2) is 5.82 Å². The molecule has 3 N–H and O–H groups in total. The lowest BCUT2D eigenvalue weighted by Gasteiger charge is -2.35. The minimum Gasteiger partial charge on any atom is -0.316 e. The maximum Gasteiger partial charge on any atom is 0.233 e. The van der Waals surface area contributed by atoms with Crippen LogP contribution in [0.5, 0.6) is 0 Å². The van der Waals surface area contributed by atoms with Crippen molar-refractivity contribution in [1.29, 1.82) is 0 Å². The van der Waals surface area contributed by atoms with Crippen molar-refractivity contribution < 1.29 is 4.79 Å². The number of aryl methyl sites for hydroxylation is 1. The van der Waals surface area contributed by atoms with Gasteiger partial charge in [0.2, 0.25) is 5.91 Å². The SMILES string of the molecule is CCc1cc(NC(=O)C2(CC)CCCNC2)n[nH]1. The Morgan fingerprint density at radius 1 is 1.56 bits per heavy atom. The second-order valence-electron chi connectivity index (χ2n) is 5.00. The highest BCUT2D eigenvalue weighted by atomic mass is 16.2. The van der Waals surface area contributed by atoms with E-state index >= 15 is 0 Å². The highest BCUT2D eigenvalue weighted by molar-refractivity contribution is 5.94. The first-order valence-corrected chi connectivity index (χ1v) is 6.76. The van der Waals surface area contributed by atoms with Crippen LogP contribution in [0.3, 0.4) is 0 Å². The van der Waals surface area contributed by atoms with Crippen molar-refractivity contribution in [2.75, 3.05) is 18.4 Å². The van der Waals surface area contributed by atoms with Crippen LogP contribution in [0.25, 0.3) is 0 Å². The van der Waals surface area contributed by atoms with Crippen LogP contribution in [0.15, 0.2) is 6.07 Å². The molecule has 2 rings (SSSR count). The molecule has 0 aliphatic carbocycles. The lowest BCUT2D eigenvalue weighted by molar-refractivity contribution is -0.126. The molecule has 1 aromatic rings. The third-order valence-corrected chi connectivity index (χ3v) is 3.88. The van der Waals surface area contributed by atoms with E-state index in [1.807, 2.05) is 6.07 Å². The van der Waals surface area contributed by atoms with Crippen LogP contribution in [0, 0.1) is 5.41 Å².